The van der Waals surface area contributed by atoms with Gasteiger partial charge in [-0.3, -0.25) is 0 Å². The maximum atomic E-state index is 6.30. The smallest absolute Gasteiger partial charge is 0.135 e. The molecule has 0 spiro atoms. The third-order valence-electron chi connectivity index (χ3n) is 10.5. The molecule has 0 N–H and O–H groups in total. The van der Waals surface area contributed by atoms with E-state index in [-0.39, 0.29) is 0 Å². The number of aromatic nitrogens is 1. The number of hydrogen-bond acceptors (Lipinski definition) is 2. The average molecular weight is 651 g/mol. The molecule has 11 aromatic rings. The van der Waals surface area contributed by atoms with Crippen molar-refractivity contribution in [3.8, 4) is 5.69 Å². The van der Waals surface area contributed by atoms with Gasteiger partial charge in [-0.05, 0) is 93.7 Å². The van der Waals surface area contributed by atoms with Crippen molar-refractivity contribution in [3.63, 3.8) is 0 Å². The van der Waals surface area contributed by atoms with Crippen LogP contribution in [0, 0.1) is 0 Å². The van der Waals surface area contributed by atoms with E-state index in [1.807, 2.05) is 12.1 Å². The van der Waals surface area contributed by atoms with Crippen LogP contribution in [0.5, 0.6) is 0 Å². The van der Waals surface area contributed by atoms with Crippen molar-refractivity contribution in [2.24, 2.45) is 0 Å². The van der Waals surface area contributed by atoms with E-state index in [1.165, 1.54) is 54.1 Å². The number of furan rings is 1. The minimum atomic E-state index is 0.885. The summed E-state index contributed by atoms with van der Waals surface area (Å²) in [6, 6.07) is 65.7. The molecule has 2 heterocycles. The second kappa shape index (κ2) is 10.8. The number of nitrogens with zero attached hydrogens (tertiary/aromatic N) is 2. The molecule has 11 rings (SSSR count). The highest BCUT2D eigenvalue weighted by molar-refractivity contribution is 6.22. The molecule has 3 heteroatoms. The van der Waals surface area contributed by atoms with Crippen molar-refractivity contribution in [1.29, 1.82) is 0 Å². The van der Waals surface area contributed by atoms with E-state index in [0.29, 0.717) is 0 Å². The van der Waals surface area contributed by atoms with E-state index in [2.05, 4.69) is 179 Å². The summed E-state index contributed by atoms with van der Waals surface area (Å²) in [6.45, 7) is 0. The molecule has 0 bridgehead atoms. The number of para-hydroxylation sites is 3. The van der Waals surface area contributed by atoms with Gasteiger partial charge in [-0.1, -0.05) is 115 Å². The van der Waals surface area contributed by atoms with Crippen molar-refractivity contribution in [1.82, 2.24) is 4.57 Å². The van der Waals surface area contributed by atoms with Crippen LogP contribution in [-0.4, -0.2) is 4.57 Å². The summed E-state index contributed by atoms with van der Waals surface area (Å²) in [7, 11) is 0. The highest BCUT2D eigenvalue weighted by Crippen LogP contribution is 2.45. The Morgan fingerprint density at radius 3 is 1.92 bits per heavy atom. The Balaban J connectivity index is 1.23. The summed E-state index contributed by atoms with van der Waals surface area (Å²) < 4.78 is 8.67. The normalized spacial score (nSPS) is 11.9. The van der Waals surface area contributed by atoms with Crippen LogP contribution >= 0.6 is 0 Å². The van der Waals surface area contributed by atoms with Gasteiger partial charge in [0.25, 0.3) is 0 Å². The lowest BCUT2D eigenvalue weighted by atomic mass is 9.95. The van der Waals surface area contributed by atoms with Gasteiger partial charge < -0.3 is 13.9 Å². The molecule has 0 radical (unpaired) electrons. The van der Waals surface area contributed by atoms with Crippen LogP contribution in [-0.2, 0) is 0 Å². The van der Waals surface area contributed by atoms with Crippen molar-refractivity contribution >= 4 is 93.1 Å². The summed E-state index contributed by atoms with van der Waals surface area (Å²) in [6.07, 6.45) is 0. The maximum Gasteiger partial charge on any atom is 0.135 e. The van der Waals surface area contributed by atoms with Crippen LogP contribution in [0.3, 0.4) is 0 Å². The molecule has 0 saturated carbocycles. The lowest BCUT2D eigenvalue weighted by Crippen LogP contribution is -2.10. The Kier molecular flexibility index (Phi) is 5.96. The molecule has 0 saturated heterocycles. The van der Waals surface area contributed by atoms with Gasteiger partial charge in [0.2, 0.25) is 0 Å². The molecule has 3 nitrogen and oxygen atoms in total. The Morgan fingerprint density at radius 2 is 1.02 bits per heavy atom. The third kappa shape index (κ3) is 4.19. The fraction of sp³-hybridized carbons (Fsp3) is 0. The Bertz CT molecular complexity index is 3150. The minimum absolute atomic E-state index is 0.885. The Morgan fingerprint density at radius 1 is 0.373 bits per heavy atom. The van der Waals surface area contributed by atoms with Gasteiger partial charge in [-0.2, -0.15) is 0 Å². The summed E-state index contributed by atoms with van der Waals surface area (Å²) in [5.74, 6) is 0. The molecular weight excluding hydrogens is 621 g/mol. The zero-order valence-corrected chi connectivity index (χ0v) is 27.6. The number of hydrogen-bond donors (Lipinski definition) is 0. The molecule has 238 valence electrons. The quantitative estimate of drug-likeness (QED) is 0.177. The first-order valence-corrected chi connectivity index (χ1v) is 17.4. The first-order valence-electron chi connectivity index (χ1n) is 17.4. The second-order valence-corrected chi connectivity index (χ2v) is 13.3. The predicted molar refractivity (Wildman–Crippen MR) is 215 cm³/mol. The number of rotatable bonds is 4. The molecule has 0 fully saturated rings. The van der Waals surface area contributed by atoms with Crippen LogP contribution in [0.25, 0.3) is 81.7 Å². The molecule has 0 amide bonds. The largest absolute Gasteiger partial charge is 0.456 e. The van der Waals surface area contributed by atoms with Crippen LogP contribution < -0.4 is 4.90 Å². The lowest BCUT2D eigenvalue weighted by Gasteiger charge is -2.28. The molecular formula is C48H30N2O. The zero-order valence-electron chi connectivity index (χ0n) is 27.6. The standard InChI is InChI=1S/C48H30N2O/c1-2-13-33(14-3-1)50-43-18-8-6-16-38(43)41-29-34(23-27-44(41)50)49(35-24-28-47-42(30-35)39-17-7-9-20-46(39)51-47)45-19-10-12-32-22-25-37-36-15-5-4-11-31(36)21-26-40(37)48(32)45/h1-30H. The summed E-state index contributed by atoms with van der Waals surface area (Å²) in [4.78, 5) is 2.44. The van der Waals surface area contributed by atoms with Crippen molar-refractivity contribution < 1.29 is 4.42 Å². The predicted octanol–water partition coefficient (Wildman–Crippen LogP) is 13.6. The van der Waals surface area contributed by atoms with Crippen LogP contribution in [0.2, 0.25) is 0 Å². The van der Waals surface area contributed by atoms with Gasteiger partial charge in [0.05, 0.1) is 16.7 Å². The van der Waals surface area contributed by atoms with Gasteiger partial charge in [-0.25, -0.2) is 0 Å². The monoisotopic (exact) mass is 650 g/mol. The SMILES string of the molecule is c1ccc(-n2c3ccccc3c3cc(N(c4ccc5oc6ccccc6c5c4)c4cccc5ccc6c7ccccc7ccc6c45)ccc32)cc1. The van der Waals surface area contributed by atoms with Crippen LogP contribution in [0.4, 0.5) is 17.1 Å². The van der Waals surface area contributed by atoms with Gasteiger partial charge >= 0.3 is 0 Å². The van der Waals surface area contributed by atoms with E-state index >= 15 is 0 Å². The second-order valence-electron chi connectivity index (χ2n) is 13.3. The highest BCUT2D eigenvalue weighted by Gasteiger charge is 2.21. The van der Waals surface area contributed by atoms with E-state index in [1.54, 1.807) is 0 Å². The molecule has 9 aromatic carbocycles. The fourth-order valence-corrected chi connectivity index (χ4v) is 8.28. The Labute approximate surface area is 293 Å². The van der Waals surface area contributed by atoms with E-state index in [4.69, 9.17) is 4.42 Å². The maximum absolute atomic E-state index is 6.30. The van der Waals surface area contributed by atoms with Crippen LogP contribution in [0.15, 0.2) is 186 Å². The minimum Gasteiger partial charge on any atom is -0.456 e. The lowest BCUT2D eigenvalue weighted by molar-refractivity contribution is 0.669. The summed E-state index contributed by atoms with van der Waals surface area (Å²) in [5, 5.41) is 12.1. The van der Waals surface area contributed by atoms with Crippen molar-refractivity contribution in [3.05, 3.63) is 182 Å². The number of anilines is 3. The topological polar surface area (TPSA) is 21.3 Å². The molecule has 0 unspecified atom stereocenters. The third-order valence-corrected chi connectivity index (χ3v) is 10.5. The van der Waals surface area contributed by atoms with Crippen molar-refractivity contribution in [2.45, 2.75) is 0 Å². The van der Waals surface area contributed by atoms with Gasteiger partial charge in [0.15, 0.2) is 0 Å². The first kappa shape index (κ1) is 28.0. The van der Waals surface area contributed by atoms with Crippen molar-refractivity contribution in [2.75, 3.05) is 4.90 Å². The van der Waals surface area contributed by atoms with E-state index in [0.717, 1.165) is 44.7 Å². The van der Waals surface area contributed by atoms with Gasteiger partial charge in [-0.15, -0.1) is 0 Å². The van der Waals surface area contributed by atoms with Gasteiger partial charge in [0.1, 0.15) is 11.2 Å². The molecule has 0 aliphatic rings. The van der Waals surface area contributed by atoms with E-state index in [9.17, 15) is 0 Å². The summed E-state index contributed by atoms with van der Waals surface area (Å²) >= 11 is 0. The molecule has 2 aromatic heterocycles. The molecule has 0 aliphatic carbocycles. The summed E-state index contributed by atoms with van der Waals surface area (Å²) in [5.41, 5.74) is 8.60. The van der Waals surface area contributed by atoms with Gasteiger partial charge in [0, 0.05) is 44.0 Å². The highest BCUT2D eigenvalue weighted by atomic mass is 16.3. The Hall–Kier alpha value is -6.84. The fourth-order valence-electron chi connectivity index (χ4n) is 8.28. The van der Waals surface area contributed by atoms with E-state index < -0.39 is 0 Å². The number of fused-ring (bicyclic) bond motifs is 11. The molecule has 0 atom stereocenters. The number of benzene rings is 9. The zero-order chi connectivity index (χ0) is 33.5. The molecule has 0 aliphatic heterocycles. The van der Waals surface area contributed by atoms with Crippen LogP contribution in [0.1, 0.15) is 0 Å². The average Bonchev–Trinajstić information content (AvgIpc) is 3.73. The first-order chi connectivity index (χ1) is 25.3. The molecule has 51 heavy (non-hydrogen) atoms.